The fourth-order valence-corrected chi connectivity index (χ4v) is 2.88. The molecule has 0 radical (unpaired) electrons. The van der Waals surface area contributed by atoms with Crippen molar-refractivity contribution in [3.63, 3.8) is 0 Å². The number of rotatable bonds is 2. The molecule has 2 aliphatic heterocycles. The van der Waals surface area contributed by atoms with Gasteiger partial charge in [0.2, 0.25) is 0 Å². The molecular formula is C14H18O3. The Bertz CT molecular complexity index is 374. The Morgan fingerprint density at radius 1 is 1.06 bits per heavy atom. The third kappa shape index (κ3) is 2.05. The molecule has 3 atom stereocenters. The number of hydrogen-bond donors (Lipinski definition) is 0. The van der Waals surface area contributed by atoms with E-state index in [1.807, 2.05) is 12.1 Å². The van der Waals surface area contributed by atoms with Crippen LogP contribution in [0.15, 0.2) is 24.3 Å². The molecule has 92 valence electrons. The van der Waals surface area contributed by atoms with E-state index < -0.39 is 0 Å². The monoisotopic (exact) mass is 234 g/mol. The van der Waals surface area contributed by atoms with Gasteiger partial charge in [-0.15, -0.1) is 0 Å². The smallest absolute Gasteiger partial charge is 0.118 e. The minimum Gasteiger partial charge on any atom is -0.497 e. The summed E-state index contributed by atoms with van der Waals surface area (Å²) < 4.78 is 16.9. The molecule has 0 bridgehead atoms. The maximum Gasteiger partial charge on any atom is 0.118 e. The van der Waals surface area contributed by atoms with Gasteiger partial charge in [0.1, 0.15) is 5.75 Å². The largest absolute Gasteiger partial charge is 0.497 e. The van der Waals surface area contributed by atoms with E-state index in [4.69, 9.17) is 14.2 Å². The first-order chi connectivity index (χ1) is 8.38. The second-order valence-corrected chi connectivity index (χ2v) is 4.71. The summed E-state index contributed by atoms with van der Waals surface area (Å²) in [5.74, 6) is 1.42. The van der Waals surface area contributed by atoms with Crippen molar-refractivity contribution in [2.24, 2.45) is 5.92 Å². The number of fused-ring (bicyclic) bond motifs is 1. The van der Waals surface area contributed by atoms with Crippen LogP contribution in [0.5, 0.6) is 5.75 Å². The van der Waals surface area contributed by atoms with Gasteiger partial charge in [-0.25, -0.2) is 0 Å². The minimum atomic E-state index is 0.196. The van der Waals surface area contributed by atoms with E-state index in [0.717, 1.165) is 31.8 Å². The zero-order valence-corrected chi connectivity index (χ0v) is 10.1. The Kier molecular flexibility index (Phi) is 3.04. The summed E-state index contributed by atoms with van der Waals surface area (Å²) >= 11 is 0. The lowest BCUT2D eigenvalue weighted by atomic mass is 9.87. The lowest BCUT2D eigenvalue weighted by Crippen LogP contribution is -2.31. The van der Waals surface area contributed by atoms with Gasteiger partial charge < -0.3 is 14.2 Å². The first-order valence-electron chi connectivity index (χ1n) is 6.25. The Balaban J connectivity index is 1.81. The summed E-state index contributed by atoms with van der Waals surface area (Å²) in [6.07, 6.45) is 2.75. The van der Waals surface area contributed by atoms with Crippen LogP contribution in [0.3, 0.4) is 0 Å². The van der Waals surface area contributed by atoms with Gasteiger partial charge >= 0.3 is 0 Å². The standard InChI is InChI=1S/C14H18O3/c1-15-11-4-2-10(3-5-11)14-12-6-8-16-13(12)7-9-17-14/h2-5,12-14H,6-9H2,1H3/t12-,13+,14+/m1/s1. The van der Waals surface area contributed by atoms with Crippen LogP contribution in [0.2, 0.25) is 0 Å². The summed E-state index contributed by atoms with van der Waals surface area (Å²) in [6, 6.07) is 8.20. The molecule has 1 aromatic rings. The predicted octanol–water partition coefficient (Wildman–Crippen LogP) is 2.56. The molecule has 17 heavy (non-hydrogen) atoms. The highest BCUT2D eigenvalue weighted by Crippen LogP contribution is 2.40. The van der Waals surface area contributed by atoms with Crippen LogP contribution in [0.1, 0.15) is 24.5 Å². The van der Waals surface area contributed by atoms with Gasteiger partial charge in [-0.3, -0.25) is 0 Å². The van der Waals surface area contributed by atoms with Crippen molar-refractivity contribution in [2.45, 2.75) is 25.0 Å². The van der Waals surface area contributed by atoms with E-state index in [1.165, 1.54) is 5.56 Å². The van der Waals surface area contributed by atoms with Crippen molar-refractivity contribution in [1.82, 2.24) is 0 Å². The molecule has 0 aromatic heterocycles. The van der Waals surface area contributed by atoms with Crippen molar-refractivity contribution in [3.05, 3.63) is 29.8 Å². The number of benzene rings is 1. The summed E-state index contributed by atoms with van der Waals surface area (Å²) in [7, 11) is 1.69. The highest BCUT2D eigenvalue weighted by atomic mass is 16.5. The van der Waals surface area contributed by atoms with Gasteiger partial charge in [-0.2, -0.15) is 0 Å². The Hall–Kier alpha value is -1.06. The molecule has 0 saturated carbocycles. The van der Waals surface area contributed by atoms with Crippen LogP contribution in [0.4, 0.5) is 0 Å². The van der Waals surface area contributed by atoms with E-state index in [1.54, 1.807) is 7.11 Å². The summed E-state index contributed by atoms with van der Waals surface area (Å²) in [5, 5.41) is 0. The lowest BCUT2D eigenvalue weighted by molar-refractivity contribution is -0.0760. The van der Waals surface area contributed by atoms with Gasteiger partial charge in [0.15, 0.2) is 0 Å². The zero-order valence-electron chi connectivity index (χ0n) is 10.1. The van der Waals surface area contributed by atoms with Crippen LogP contribution in [-0.2, 0) is 9.47 Å². The molecule has 2 heterocycles. The maximum absolute atomic E-state index is 5.93. The van der Waals surface area contributed by atoms with E-state index in [9.17, 15) is 0 Å². The van der Waals surface area contributed by atoms with Crippen molar-refractivity contribution in [3.8, 4) is 5.75 Å². The normalized spacial score (nSPS) is 32.2. The summed E-state index contributed by atoms with van der Waals surface area (Å²) in [4.78, 5) is 0. The average molecular weight is 234 g/mol. The second kappa shape index (κ2) is 4.67. The Labute approximate surface area is 102 Å². The third-order valence-corrected chi connectivity index (χ3v) is 3.79. The molecule has 0 N–H and O–H groups in total. The van der Waals surface area contributed by atoms with E-state index >= 15 is 0 Å². The van der Waals surface area contributed by atoms with E-state index in [0.29, 0.717) is 12.0 Å². The summed E-state index contributed by atoms with van der Waals surface area (Å²) in [5.41, 5.74) is 1.24. The third-order valence-electron chi connectivity index (χ3n) is 3.79. The molecular weight excluding hydrogens is 216 g/mol. The van der Waals surface area contributed by atoms with Gasteiger partial charge in [-0.05, 0) is 30.5 Å². The van der Waals surface area contributed by atoms with Crippen molar-refractivity contribution < 1.29 is 14.2 Å². The molecule has 3 rings (SSSR count). The van der Waals surface area contributed by atoms with Crippen LogP contribution in [-0.4, -0.2) is 26.4 Å². The maximum atomic E-state index is 5.93. The number of methoxy groups -OCH3 is 1. The average Bonchev–Trinajstić information content (AvgIpc) is 2.87. The van der Waals surface area contributed by atoms with Crippen molar-refractivity contribution >= 4 is 0 Å². The Morgan fingerprint density at radius 2 is 1.82 bits per heavy atom. The highest BCUT2D eigenvalue weighted by molar-refractivity contribution is 5.29. The predicted molar refractivity (Wildman–Crippen MR) is 64.2 cm³/mol. The second-order valence-electron chi connectivity index (χ2n) is 4.71. The van der Waals surface area contributed by atoms with Crippen molar-refractivity contribution in [2.75, 3.05) is 20.3 Å². The van der Waals surface area contributed by atoms with Crippen molar-refractivity contribution in [1.29, 1.82) is 0 Å². The quantitative estimate of drug-likeness (QED) is 0.787. The zero-order chi connectivity index (χ0) is 11.7. The van der Waals surface area contributed by atoms with Gasteiger partial charge in [0.05, 0.1) is 19.3 Å². The Morgan fingerprint density at radius 3 is 2.59 bits per heavy atom. The molecule has 2 saturated heterocycles. The molecule has 2 aliphatic rings. The summed E-state index contributed by atoms with van der Waals surface area (Å²) in [6.45, 7) is 1.68. The van der Waals surface area contributed by atoms with Gasteiger partial charge in [0, 0.05) is 19.1 Å². The molecule has 0 unspecified atom stereocenters. The van der Waals surface area contributed by atoms with Crippen LogP contribution in [0.25, 0.3) is 0 Å². The van der Waals surface area contributed by atoms with Crippen LogP contribution >= 0.6 is 0 Å². The molecule has 0 spiro atoms. The molecule has 0 aliphatic carbocycles. The topological polar surface area (TPSA) is 27.7 Å². The lowest BCUT2D eigenvalue weighted by Gasteiger charge is -2.33. The first kappa shape index (κ1) is 11.1. The first-order valence-corrected chi connectivity index (χ1v) is 6.25. The molecule has 3 heteroatoms. The van der Waals surface area contributed by atoms with Crippen LogP contribution in [0, 0.1) is 5.92 Å². The number of hydrogen-bond acceptors (Lipinski definition) is 3. The highest BCUT2D eigenvalue weighted by Gasteiger charge is 2.39. The molecule has 2 fully saturated rings. The van der Waals surface area contributed by atoms with Gasteiger partial charge in [-0.1, -0.05) is 12.1 Å². The number of ether oxygens (including phenoxy) is 3. The molecule has 0 amide bonds. The minimum absolute atomic E-state index is 0.196. The van der Waals surface area contributed by atoms with Crippen LogP contribution < -0.4 is 4.74 Å². The fraction of sp³-hybridized carbons (Fsp3) is 0.571. The van der Waals surface area contributed by atoms with E-state index in [2.05, 4.69) is 12.1 Å². The molecule has 1 aromatic carbocycles. The fourth-order valence-electron chi connectivity index (χ4n) is 2.88. The molecule has 3 nitrogen and oxygen atoms in total. The van der Waals surface area contributed by atoms with E-state index in [-0.39, 0.29) is 6.10 Å². The SMILES string of the molecule is COc1ccc([C@@H]2OCC[C@@H]3OCC[C@H]32)cc1. The van der Waals surface area contributed by atoms with Gasteiger partial charge in [0.25, 0.3) is 0 Å².